The third-order valence-corrected chi connectivity index (χ3v) is 5.09. The second-order valence-electron chi connectivity index (χ2n) is 5.81. The van der Waals surface area contributed by atoms with Gasteiger partial charge in [-0.05, 0) is 51.5 Å². The van der Waals surface area contributed by atoms with Crippen LogP contribution in [-0.4, -0.2) is 24.7 Å². The minimum absolute atomic E-state index is 0.0753. The molecule has 0 saturated heterocycles. The number of rotatable bonds is 5. The molecule has 3 aromatic heterocycles. The molecule has 0 aliphatic rings. The summed E-state index contributed by atoms with van der Waals surface area (Å²) >= 11 is 4.15. The standard InChI is InChI=1S/C18H11BrF3N5OS/c19-14-7-6-12(28-14)15-25-26-17(27(15)10-11-4-2-1-3-5-11)29-16-23-9-8-13(24-16)18(20,21)22/h1-9H,10H2. The van der Waals surface area contributed by atoms with Crippen LogP contribution in [0.5, 0.6) is 0 Å². The lowest BCUT2D eigenvalue weighted by molar-refractivity contribution is -0.141. The molecular weight excluding hydrogens is 471 g/mol. The highest BCUT2D eigenvalue weighted by molar-refractivity contribution is 9.10. The van der Waals surface area contributed by atoms with E-state index in [0.29, 0.717) is 28.0 Å². The van der Waals surface area contributed by atoms with Crippen molar-refractivity contribution in [2.75, 3.05) is 0 Å². The maximum Gasteiger partial charge on any atom is 0.433 e. The van der Waals surface area contributed by atoms with Gasteiger partial charge in [-0.2, -0.15) is 13.2 Å². The second-order valence-corrected chi connectivity index (χ2v) is 7.52. The molecule has 0 aliphatic heterocycles. The molecule has 29 heavy (non-hydrogen) atoms. The average molecular weight is 482 g/mol. The zero-order valence-corrected chi connectivity index (χ0v) is 16.9. The Kier molecular flexibility index (Phi) is 5.41. The lowest BCUT2D eigenvalue weighted by Crippen LogP contribution is -2.09. The minimum Gasteiger partial charge on any atom is -0.446 e. The van der Waals surface area contributed by atoms with Crippen molar-refractivity contribution in [3.63, 3.8) is 0 Å². The van der Waals surface area contributed by atoms with Gasteiger partial charge >= 0.3 is 6.18 Å². The average Bonchev–Trinajstić information content (AvgIpc) is 3.29. The van der Waals surface area contributed by atoms with Gasteiger partial charge in [0.15, 0.2) is 20.7 Å². The van der Waals surface area contributed by atoms with Crippen molar-refractivity contribution in [2.24, 2.45) is 0 Å². The molecule has 148 valence electrons. The van der Waals surface area contributed by atoms with Crippen LogP contribution in [0.3, 0.4) is 0 Å². The summed E-state index contributed by atoms with van der Waals surface area (Å²) in [7, 11) is 0. The molecule has 4 aromatic rings. The quantitative estimate of drug-likeness (QED) is 0.359. The third-order valence-electron chi connectivity index (χ3n) is 3.80. The summed E-state index contributed by atoms with van der Waals surface area (Å²) in [6, 6.07) is 13.8. The molecule has 0 aliphatic carbocycles. The summed E-state index contributed by atoms with van der Waals surface area (Å²) < 4.78 is 46.7. The number of alkyl halides is 3. The van der Waals surface area contributed by atoms with E-state index < -0.39 is 11.9 Å². The number of nitrogens with zero attached hydrogens (tertiary/aromatic N) is 5. The lowest BCUT2D eigenvalue weighted by atomic mass is 10.2. The monoisotopic (exact) mass is 481 g/mol. The van der Waals surface area contributed by atoms with Gasteiger partial charge in [0.1, 0.15) is 5.69 Å². The van der Waals surface area contributed by atoms with E-state index in [1.807, 2.05) is 30.3 Å². The Hall–Kier alpha value is -2.66. The first-order chi connectivity index (χ1) is 13.9. The predicted molar refractivity (Wildman–Crippen MR) is 102 cm³/mol. The highest BCUT2D eigenvalue weighted by atomic mass is 79.9. The normalized spacial score (nSPS) is 11.7. The van der Waals surface area contributed by atoms with Crippen LogP contribution in [0.1, 0.15) is 11.3 Å². The van der Waals surface area contributed by atoms with Gasteiger partial charge in [-0.1, -0.05) is 30.3 Å². The lowest BCUT2D eigenvalue weighted by Gasteiger charge is -2.10. The van der Waals surface area contributed by atoms with Crippen molar-refractivity contribution >= 4 is 27.7 Å². The van der Waals surface area contributed by atoms with Crippen LogP contribution in [0.15, 0.2) is 74.1 Å². The van der Waals surface area contributed by atoms with Crippen molar-refractivity contribution in [1.29, 1.82) is 0 Å². The van der Waals surface area contributed by atoms with Crippen LogP contribution in [0.25, 0.3) is 11.6 Å². The molecule has 6 nitrogen and oxygen atoms in total. The predicted octanol–water partition coefficient (Wildman–Crippen LogP) is 5.31. The van der Waals surface area contributed by atoms with E-state index in [2.05, 4.69) is 36.1 Å². The molecule has 11 heteroatoms. The highest BCUT2D eigenvalue weighted by Gasteiger charge is 2.33. The van der Waals surface area contributed by atoms with Crippen LogP contribution < -0.4 is 0 Å². The Morgan fingerprint density at radius 3 is 2.52 bits per heavy atom. The van der Waals surface area contributed by atoms with Gasteiger partial charge in [-0.15, -0.1) is 10.2 Å². The molecule has 0 spiro atoms. The van der Waals surface area contributed by atoms with Crippen LogP contribution in [0.4, 0.5) is 13.2 Å². The van der Waals surface area contributed by atoms with Crippen molar-refractivity contribution < 1.29 is 17.6 Å². The molecule has 1 aromatic carbocycles. The number of aromatic nitrogens is 5. The first kappa shape index (κ1) is 19.6. The number of hydrogen-bond acceptors (Lipinski definition) is 6. The Labute approximate surface area is 175 Å². The van der Waals surface area contributed by atoms with E-state index in [-0.39, 0.29) is 5.16 Å². The first-order valence-corrected chi connectivity index (χ1v) is 9.82. The van der Waals surface area contributed by atoms with Gasteiger partial charge in [0.25, 0.3) is 0 Å². The van der Waals surface area contributed by atoms with Crippen LogP contribution in [0.2, 0.25) is 0 Å². The largest absolute Gasteiger partial charge is 0.446 e. The van der Waals surface area contributed by atoms with Gasteiger partial charge in [0, 0.05) is 6.20 Å². The molecule has 0 saturated carbocycles. The van der Waals surface area contributed by atoms with Gasteiger partial charge in [0.2, 0.25) is 5.82 Å². The smallest absolute Gasteiger partial charge is 0.433 e. The van der Waals surface area contributed by atoms with Crippen molar-refractivity contribution in [3.05, 3.63) is 70.7 Å². The van der Waals surface area contributed by atoms with E-state index in [0.717, 1.165) is 29.6 Å². The Bertz CT molecular complexity index is 1130. The Morgan fingerprint density at radius 1 is 1.03 bits per heavy atom. The van der Waals surface area contributed by atoms with Crippen molar-refractivity contribution in [2.45, 2.75) is 23.0 Å². The fourth-order valence-corrected chi connectivity index (χ4v) is 3.59. The summed E-state index contributed by atoms with van der Waals surface area (Å²) in [5.74, 6) is 0.908. The molecule has 0 bridgehead atoms. The SMILES string of the molecule is FC(F)(F)c1ccnc(Sc2nnc(-c3ccc(Br)o3)n2Cc2ccccc2)n1. The second kappa shape index (κ2) is 7.99. The molecule has 0 unspecified atom stereocenters. The van der Waals surface area contributed by atoms with E-state index in [9.17, 15) is 13.2 Å². The number of halogens is 4. The molecule has 0 fully saturated rings. The third kappa shape index (κ3) is 4.51. The molecule has 0 amide bonds. The van der Waals surface area contributed by atoms with Crippen LogP contribution in [0, 0.1) is 0 Å². The minimum atomic E-state index is -4.55. The van der Waals surface area contributed by atoms with E-state index >= 15 is 0 Å². The Morgan fingerprint density at radius 2 is 1.83 bits per heavy atom. The maximum atomic E-state index is 13.0. The van der Waals surface area contributed by atoms with Gasteiger partial charge in [-0.3, -0.25) is 4.57 Å². The molecule has 0 atom stereocenters. The zero-order valence-electron chi connectivity index (χ0n) is 14.5. The molecule has 4 rings (SSSR count). The van der Waals surface area contributed by atoms with Crippen LogP contribution in [-0.2, 0) is 12.7 Å². The molecule has 0 N–H and O–H groups in total. The first-order valence-electron chi connectivity index (χ1n) is 8.21. The molecule has 0 radical (unpaired) electrons. The summed E-state index contributed by atoms with van der Waals surface area (Å²) in [6.45, 7) is 0.392. The Balaban J connectivity index is 1.72. The van der Waals surface area contributed by atoms with Gasteiger partial charge in [0.05, 0.1) is 6.54 Å². The molecule has 3 heterocycles. The zero-order chi connectivity index (χ0) is 20.4. The van der Waals surface area contributed by atoms with Crippen molar-refractivity contribution in [3.8, 4) is 11.6 Å². The van der Waals surface area contributed by atoms with E-state index in [1.165, 1.54) is 0 Å². The highest BCUT2D eigenvalue weighted by Crippen LogP contribution is 2.32. The fraction of sp³-hybridized carbons (Fsp3) is 0.111. The summed E-state index contributed by atoms with van der Waals surface area (Å²) in [6.07, 6.45) is -3.48. The summed E-state index contributed by atoms with van der Waals surface area (Å²) in [5.41, 5.74) is -0.0507. The van der Waals surface area contributed by atoms with Crippen molar-refractivity contribution in [1.82, 2.24) is 24.7 Å². The fourth-order valence-electron chi connectivity index (χ4n) is 2.52. The van der Waals surface area contributed by atoms with Crippen LogP contribution >= 0.6 is 27.7 Å². The number of furan rings is 1. The van der Waals surface area contributed by atoms with E-state index in [4.69, 9.17) is 4.42 Å². The summed E-state index contributed by atoms with van der Waals surface area (Å²) in [5, 5.41) is 8.56. The van der Waals surface area contributed by atoms with Gasteiger partial charge < -0.3 is 4.42 Å². The summed E-state index contributed by atoms with van der Waals surface area (Å²) in [4.78, 5) is 7.51. The molecular formula is C18H11BrF3N5OS. The van der Waals surface area contributed by atoms with Gasteiger partial charge in [-0.25, -0.2) is 9.97 Å². The number of benzene rings is 1. The topological polar surface area (TPSA) is 69.6 Å². The number of hydrogen-bond donors (Lipinski definition) is 0. The maximum absolute atomic E-state index is 13.0. The van der Waals surface area contributed by atoms with E-state index in [1.54, 1.807) is 16.7 Å².